The lowest BCUT2D eigenvalue weighted by molar-refractivity contribution is -0.130. The van der Waals surface area contributed by atoms with Gasteiger partial charge in [0.25, 0.3) is 0 Å². The maximum absolute atomic E-state index is 11.7. The van der Waals surface area contributed by atoms with Crippen LogP contribution in [0.15, 0.2) is 42.5 Å². The van der Waals surface area contributed by atoms with E-state index in [-0.39, 0.29) is 5.57 Å². The van der Waals surface area contributed by atoms with Gasteiger partial charge >= 0.3 is 5.97 Å². The number of methoxy groups -OCH3 is 1. The van der Waals surface area contributed by atoms with Crippen molar-refractivity contribution in [3.63, 3.8) is 0 Å². The van der Waals surface area contributed by atoms with Crippen molar-refractivity contribution in [2.24, 2.45) is 0 Å². The average Bonchev–Trinajstić information content (AvgIpc) is 2.54. The zero-order chi connectivity index (χ0) is 16.8. The van der Waals surface area contributed by atoms with E-state index < -0.39 is 5.97 Å². The van der Waals surface area contributed by atoms with Gasteiger partial charge in [-0.15, -0.1) is 0 Å². The third kappa shape index (κ3) is 4.05. The lowest BCUT2D eigenvalue weighted by Crippen LogP contribution is -2.01. The topological polar surface area (TPSA) is 55.8 Å². The van der Waals surface area contributed by atoms with E-state index in [2.05, 4.69) is 0 Å². The molecule has 0 bridgehead atoms. The Kier molecular flexibility index (Phi) is 5.66. The van der Waals surface area contributed by atoms with Crippen molar-refractivity contribution in [2.45, 2.75) is 6.92 Å². The monoisotopic (exact) mass is 332 g/mol. The van der Waals surface area contributed by atoms with Gasteiger partial charge in [-0.05, 0) is 36.8 Å². The van der Waals surface area contributed by atoms with Gasteiger partial charge in [-0.25, -0.2) is 4.79 Å². The van der Waals surface area contributed by atoms with Gasteiger partial charge in [-0.2, -0.15) is 0 Å². The summed E-state index contributed by atoms with van der Waals surface area (Å²) in [5.74, 6) is 0.0840. The molecule has 0 heterocycles. The van der Waals surface area contributed by atoms with Crippen LogP contribution in [0.2, 0.25) is 5.02 Å². The molecule has 0 spiro atoms. The van der Waals surface area contributed by atoms with Gasteiger partial charge in [-0.3, -0.25) is 0 Å². The Labute approximate surface area is 139 Å². The number of aliphatic carboxylic acids is 1. The lowest BCUT2D eigenvalue weighted by atomic mass is 10.0. The fraction of sp³-hybridized carbons (Fsp3) is 0.167. The summed E-state index contributed by atoms with van der Waals surface area (Å²) in [6.45, 7) is 2.38. The molecule has 2 aromatic rings. The van der Waals surface area contributed by atoms with Crippen LogP contribution in [-0.4, -0.2) is 24.8 Å². The molecule has 0 radical (unpaired) electrons. The Morgan fingerprint density at radius 2 is 1.96 bits per heavy atom. The number of halogens is 1. The van der Waals surface area contributed by atoms with Gasteiger partial charge in [0.15, 0.2) is 0 Å². The number of ether oxygens (including phenoxy) is 2. The average molecular weight is 333 g/mol. The number of hydrogen-bond donors (Lipinski definition) is 1. The van der Waals surface area contributed by atoms with Gasteiger partial charge in [0.1, 0.15) is 11.5 Å². The second kappa shape index (κ2) is 7.70. The highest BCUT2D eigenvalue weighted by Gasteiger charge is 2.14. The van der Waals surface area contributed by atoms with Crippen molar-refractivity contribution < 1.29 is 19.4 Å². The summed E-state index contributed by atoms with van der Waals surface area (Å²) in [6.07, 6.45) is 1.57. The van der Waals surface area contributed by atoms with Crippen molar-refractivity contribution in [1.29, 1.82) is 0 Å². The predicted octanol–water partition coefficient (Wildman–Crippen LogP) is 4.37. The molecule has 0 saturated carbocycles. The molecule has 0 aromatic heterocycles. The molecule has 0 unspecified atom stereocenters. The van der Waals surface area contributed by atoms with Crippen LogP contribution in [0.1, 0.15) is 18.1 Å². The van der Waals surface area contributed by atoms with Crippen molar-refractivity contribution in [3.05, 3.63) is 58.6 Å². The number of carboxylic acids is 1. The van der Waals surface area contributed by atoms with Crippen LogP contribution in [0.5, 0.6) is 11.5 Å². The number of hydrogen-bond acceptors (Lipinski definition) is 3. The van der Waals surface area contributed by atoms with E-state index in [4.69, 9.17) is 21.1 Å². The zero-order valence-corrected chi connectivity index (χ0v) is 13.6. The molecule has 0 aliphatic heterocycles. The summed E-state index contributed by atoms with van der Waals surface area (Å²) in [6, 6.07) is 12.2. The Hall–Kier alpha value is -2.46. The molecule has 1 N–H and O–H groups in total. The van der Waals surface area contributed by atoms with Crippen LogP contribution in [0, 0.1) is 0 Å². The van der Waals surface area contributed by atoms with E-state index in [0.717, 1.165) is 0 Å². The molecule has 0 aliphatic rings. The summed E-state index contributed by atoms with van der Waals surface area (Å²) in [4.78, 5) is 11.7. The molecule has 0 fully saturated rings. The zero-order valence-electron chi connectivity index (χ0n) is 12.9. The quantitative estimate of drug-likeness (QED) is 0.630. The predicted molar refractivity (Wildman–Crippen MR) is 91.1 cm³/mol. The first-order chi connectivity index (χ1) is 11.1. The second-order valence-electron chi connectivity index (χ2n) is 4.68. The fourth-order valence-corrected chi connectivity index (χ4v) is 2.40. The standard InChI is InChI=1S/C18H17ClO4/c1-3-23-16-7-5-4-6-13(16)10-14(18(20)21)12-8-9-17(22-2)15(19)11-12/h4-11H,3H2,1-2H3,(H,20,21)/b14-10-. The Morgan fingerprint density at radius 3 is 2.57 bits per heavy atom. The Balaban J connectivity index is 2.51. The van der Waals surface area contributed by atoms with E-state index in [1.807, 2.05) is 19.1 Å². The summed E-state index contributed by atoms with van der Waals surface area (Å²) >= 11 is 6.09. The highest BCUT2D eigenvalue weighted by molar-refractivity contribution is 6.32. The van der Waals surface area contributed by atoms with Crippen LogP contribution in [0.3, 0.4) is 0 Å². The van der Waals surface area contributed by atoms with Crippen LogP contribution in [0.4, 0.5) is 0 Å². The molecule has 23 heavy (non-hydrogen) atoms. The highest BCUT2D eigenvalue weighted by Crippen LogP contribution is 2.30. The maximum Gasteiger partial charge on any atom is 0.336 e. The summed E-state index contributed by atoms with van der Waals surface area (Å²) in [5, 5.41) is 9.90. The summed E-state index contributed by atoms with van der Waals surface area (Å²) in [5.41, 5.74) is 1.31. The molecule has 0 amide bonds. The minimum absolute atomic E-state index is 0.127. The maximum atomic E-state index is 11.7. The van der Waals surface area contributed by atoms with E-state index >= 15 is 0 Å². The molecule has 0 atom stereocenters. The smallest absolute Gasteiger partial charge is 0.336 e. The van der Waals surface area contributed by atoms with Gasteiger partial charge in [0.05, 0.1) is 24.3 Å². The van der Waals surface area contributed by atoms with Gasteiger partial charge in [0, 0.05) is 5.56 Å². The van der Waals surface area contributed by atoms with Gasteiger partial charge in [-0.1, -0.05) is 35.9 Å². The summed E-state index contributed by atoms with van der Waals surface area (Å²) in [7, 11) is 1.51. The van der Waals surface area contributed by atoms with E-state index in [9.17, 15) is 9.90 Å². The van der Waals surface area contributed by atoms with Crippen molar-refractivity contribution in [2.75, 3.05) is 13.7 Å². The van der Waals surface area contributed by atoms with Crippen molar-refractivity contribution in [1.82, 2.24) is 0 Å². The van der Waals surface area contributed by atoms with Gasteiger partial charge in [0.2, 0.25) is 0 Å². The SMILES string of the molecule is CCOc1ccccc1/C=C(\C(=O)O)c1ccc(OC)c(Cl)c1. The first kappa shape index (κ1) is 16.9. The molecule has 0 aliphatic carbocycles. The number of carbonyl (C=O) groups is 1. The second-order valence-corrected chi connectivity index (χ2v) is 5.09. The molecular formula is C18H17ClO4. The third-order valence-corrected chi connectivity index (χ3v) is 3.51. The highest BCUT2D eigenvalue weighted by atomic mass is 35.5. The first-order valence-electron chi connectivity index (χ1n) is 7.07. The Morgan fingerprint density at radius 1 is 1.22 bits per heavy atom. The number of para-hydroxylation sites is 1. The van der Waals surface area contributed by atoms with E-state index in [1.54, 1.807) is 36.4 Å². The van der Waals surface area contributed by atoms with Crippen molar-refractivity contribution in [3.8, 4) is 11.5 Å². The molecule has 2 aromatic carbocycles. The van der Waals surface area contributed by atoms with Crippen molar-refractivity contribution >= 4 is 29.2 Å². The Bertz CT molecular complexity index is 738. The first-order valence-corrected chi connectivity index (χ1v) is 7.45. The molecule has 4 nitrogen and oxygen atoms in total. The minimum atomic E-state index is -1.04. The number of rotatable bonds is 6. The fourth-order valence-electron chi connectivity index (χ4n) is 2.14. The molecule has 2 rings (SSSR count). The number of carboxylic acid groups (broad SMARTS) is 1. The molecule has 5 heteroatoms. The van der Waals surface area contributed by atoms with E-state index in [0.29, 0.717) is 34.3 Å². The van der Waals surface area contributed by atoms with Crippen LogP contribution < -0.4 is 9.47 Å². The summed E-state index contributed by atoms with van der Waals surface area (Å²) < 4.78 is 10.6. The molecule has 120 valence electrons. The van der Waals surface area contributed by atoms with Crippen LogP contribution >= 0.6 is 11.6 Å². The molecule has 0 saturated heterocycles. The van der Waals surface area contributed by atoms with E-state index in [1.165, 1.54) is 7.11 Å². The third-order valence-electron chi connectivity index (χ3n) is 3.21. The van der Waals surface area contributed by atoms with Crippen LogP contribution in [-0.2, 0) is 4.79 Å². The minimum Gasteiger partial charge on any atom is -0.495 e. The van der Waals surface area contributed by atoms with Gasteiger partial charge < -0.3 is 14.6 Å². The number of benzene rings is 2. The van der Waals surface area contributed by atoms with Crippen LogP contribution in [0.25, 0.3) is 11.6 Å². The lowest BCUT2D eigenvalue weighted by Gasteiger charge is -2.10. The largest absolute Gasteiger partial charge is 0.495 e. The normalized spacial score (nSPS) is 11.2. The molecular weight excluding hydrogens is 316 g/mol.